The molecule has 108 valence electrons. The number of unbranched alkanes of at least 4 members (excludes halogenated alkanes) is 1. The van der Waals surface area contributed by atoms with E-state index in [0.29, 0.717) is 11.7 Å². The molecule has 5 heteroatoms. The lowest BCUT2D eigenvalue weighted by Gasteiger charge is -2.25. The summed E-state index contributed by atoms with van der Waals surface area (Å²) in [6.07, 6.45) is 9.06. The Bertz CT molecular complexity index is 616. The molecule has 1 aliphatic rings. The van der Waals surface area contributed by atoms with Crippen LogP contribution in [0.5, 0.6) is 0 Å². The Hall–Kier alpha value is -1.62. The quantitative estimate of drug-likeness (QED) is 0.836. The first-order valence-corrected chi connectivity index (χ1v) is 7.52. The summed E-state index contributed by atoms with van der Waals surface area (Å²) in [6, 6.07) is 0. The van der Waals surface area contributed by atoms with E-state index in [4.69, 9.17) is 11.5 Å². The Balaban J connectivity index is 2.04. The van der Waals surface area contributed by atoms with Crippen molar-refractivity contribution in [3.63, 3.8) is 0 Å². The van der Waals surface area contributed by atoms with Crippen molar-refractivity contribution in [1.29, 1.82) is 0 Å². The van der Waals surface area contributed by atoms with Gasteiger partial charge in [-0.1, -0.05) is 6.42 Å². The first-order valence-electron chi connectivity index (χ1n) is 7.52. The van der Waals surface area contributed by atoms with Gasteiger partial charge in [0.1, 0.15) is 5.52 Å². The summed E-state index contributed by atoms with van der Waals surface area (Å²) in [5, 5.41) is 5.66. The molecule has 2 aromatic rings. The minimum absolute atomic E-state index is 0.571. The number of nitrogens with zero attached hydrogens (tertiary/aromatic N) is 3. The molecule has 0 spiro atoms. The highest BCUT2D eigenvalue weighted by Gasteiger charge is 2.25. The van der Waals surface area contributed by atoms with Crippen LogP contribution < -0.4 is 11.5 Å². The number of pyridine rings is 1. The van der Waals surface area contributed by atoms with Gasteiger partial charge >= 0.3 is 0 Å². The van der Waals surface area contributed by atoms with Crippen molar-refractivity contribution in [1.82, 2.24) is 14.8 Å². The van der Waals surface area contributed by atoms with Crippen LogP contribution in [-0.4, -0.2) is 21.3 Å². The van der Waals surface area contributed by atoms with E-state index in [1.165, 1.54) is 42.3 Å². The number of nitrogens with two attached hydrogens (primary N) is 2. The fourth-order valence-corrected chi connectivity index (χ4v) is 3.42. The molecule has 0 aromatic carbocycles. The van der Waals surface area contributed by atoms with E-state index in [0.717, 1.165) is 24.9 Å². The zero-order chi connectivity index (χ0) is 14.1. The molecule has 1 unspecified atom stereocenters. The number of anilines is 1. The van der Waals surface area contributed by atoms with Crippen molar-refractivity contribution in [2.45, 2.75) is 44.4 Å². The van der Waals surface area contributed by atoms with Gasteiger partial charge in [0.05, 0.1) is 0 Å². The monoisotopic (exact) mass is 273 g/mol. The average molecular weight is 273 g/mol. The second-order valence-electron chi connectivity index (χ2n) is 5.80. The first-order chi connectivity index (χ1) is 9.70. The fraction of sp³-hybridized carbons (Fsp3) is 0.600. The zero-order valence-corrected chi connectivity index (χ0v) is 12.1. The van der Waals surface area contributed by atoms with Gasteiger partial charge in [0.25, 0.3) is 0 Å². The van der Waals surface area contributed by atoms with Crippen LogP contribution >= 0.6 is 0 Å². The molecule has 0 saturated heterocycles. The molecule has 5 nitrogen and oxygen atoms in total. The number of aromatic nitrogens is 3. The Morgan fingerprint density at radius 3 is 3.05 bits per heavy atom. The summed E-state index contributed by atoms with van der Waals surface area (Å²) < 4.78 is 1.84. The number of rotatable bonds is 4. The summed E-state index contributed by atoms with van der Waals surface area (Å²) in [4.78, 5) is 4.61. The summed E-state index contributed by atoms with van der Waals surface area (Å²) in [5.74, 6) is 1.16. The van der Waals surface area contributed by atoms with Crippen LogP contribution in [0.4, 0.5) is 5.82 Å². The lowest BCUT2D eigenvalue weighted by atomic mass is 9.81. The number of hydrogen-bond donors (Lipinski definition) is 2. The predicted molar refractivity (Wildman–Crippen MR) is 81.5 cm³/mol. The second kappa shape index (κ2) is 5.40. The molecule has 0 aliphatic heterocycles. The van der Waals surface area contributed by atoms with Crippen molar-refractivity contribution in [2.24, 2.45) is 12.8 Å². The molecule has 0 amide bonds. The van der Waals surface area contributed by atoms with Crippen LogP contribution in [0.3, 0.4) is 0 Å². The summed E-state index contributed by atoms with van der Waals surface area (Å²) >= 11 is 0. The maximum Gasteiger partial charge on any atom is 0.152 e. The summed E-state index contributed by atoms with van der Waals surface area (Å²) in [5.41, 5.74) is 15.1. The summed E-state index contributed by atoms with van der Waals surface area (Å²) in [7, 11) is 1.94. The van der Waals surface area contributed by atoms with Gasteiger partial charge in [-0.3, -0.25) is 4.68 Å². The van der Waals surface area contributed by atoms with E-state index in [1.54, 1.807) is 0 Å². The highest BCUT2D eigenvalue weighted by Crippen LogP contribution is 2.39. The van der Waals surface area contributed by atoms with Gasteiger partial charge in [0.2, 0.25) is 0 Å². The Morgan fingerprint density at radius 1 is 1.40 bits per heavy atom. The van der Waals surface area contributed by atoms with E-state index >= 15 is 0 Å². The lowest BCUT2D eigenvalue weighted by Crippen LogP contribution is -2.14. The van der Waals surface area contributed by atoms with E-state index < -0.39 is 0 Å². The van der Waals surface area contributed by atoms with E-state index in [1.807, 2.05) is 11.7 Å². The smallest absolute Gasteiger partial charge is 0.152 e. The molecule has 0 fully saturated rings. The molecule has 2 heterocycles. The second-order valence-corrected chi connectivity index (χ2v) is 5.80. The van der Waals surface area contributed by atoms with E-state index in [-0.39, 0.29) is 0 Å². The average Bonchev–Trinajstić information content (AvgIpc) is 2.81. The third-order valence-corrected chi connectivity index (χ3v) is 4.31. The molecule has 0 bridgehead atoms. The minimum atomic E-state index is 0.571. The van der Waals surface area contributed by atoms with E-state index in [9.17, 15) is 0 Å². The van der Waals surface area contributed by atoms with Crippen molar-refractivity contribution in [3.8, 4) is 0 Å². The van der Waals surface area contributed by atoms with Gasteiger partial charge in [-0.05, 0) is 50.1 Å². The maximum absolute atomic E-state index is 6.06. The topological polar surface area (TPSA) is 82.8 Å². The van der Waals surface area contributed by atoms with Crippen LogP contribution in [0.1, 0.15) is 49.3 Å². The minimum Gasteiger partial charge on any atom is -0.382 e. The molecule has 0 radical (unpaired) electrons. The van der Waals surface area contributed by atoms with Crippen molar-refractivity contribution < 1.29 is 0 Å². The number of nitrogen functional groups attached to an aromatic ring is 1. The maximum atomic E-state index is 6.06. The number of aryl methyl sites for hydroxylation is 2. The molecule has 20 heavy (non-hydrogen) atoms. The number of hydrogen-bond acceptors (Lipinski definition) is 4. The van der Waals surface area contributed by atoms with Crippen LogP contribution in [0, 0.1) is 0 Å². The van der Waals surface area contributed by atoms with Crippen LogP contribution in [0.15, 0.2) is 6.20 Å². The van der Waals surface area contributed by atoms with Gasteiger partial charge in [0.15, 0.2) is 5.82 Å². The van der Waals surface area contributed by atoms with Crippen LogP contribution in [-0.2, 0) is 13.5 Å². The fourth-order valence-electron chi connectivity index (χ4n) is 3.42. The van der Waals surface area contributed by atoms with Crippen LogP contribution in [0.25, 0.3) is 10.9 Å². The zero-order valence-electron chi connectivity index (χ0n) is 12.1. The summed E-state index contributed by atoms with van der Waals surface area (Å²) in [6.45, 7) is 0.780. The molecule has 3 rings (SSSR count). The highest BCUT2D eigenvalue weighted by molar-refractivity contribution is 5.90. The van der Waals surface area contributed by atoms with Gasteiger partial charge in [-0.15, -0.1) is 0 Å². The Morgan fingerprint density at radius 2 is 2.25 bits per heavy atom. The number of fused-ring (bicyclic) bond motifs is 3. The molecule has 0 saturated carbocycles. The Kier molecular flexibility index (Phi) is 3.61. The molecule has 1 aliphatic carbocycles. The normalized spacial score (nSPS) is 18.4. The Labute approximate surface area is 119 Å². The van der Waals surface area contributed by atoms with Crippen molar-refractivity contribution >= 4 is 16.7 Å². The molecular weight excluding hydrogens is 250 g/mol. The highest BCUT2D eigenvalue weighted by atomic mass is 15.3. The van der Waals surface area contributed by atoms with E-state index in [2.05, 4.69) is 16.3 Å². The van der Waals surface area contributed by atoms with Gasteiger partial charge in [-0.25, -0.2) is 4.98 Å². The molecule has 4 N–H and O–H groups in total. The molecule has 1 atom stereocenters. The van der Waals surface area contributed by atoms with Crippen molar-refractivity contribution in [3.05, 3.63) is 17.5 Å². The lowest BCUT2D eigenvalue weighted by molar-refractivity contribution is 0.495. The van der Waals surface area contributed by atoms with Gasteiger partial charge in [-0.2, -0.15) is 5.10 Å². The third kappa shape index (κ3) is 2.26. The predicted octanol–water partition coefficient (Wildman–Crippen LogP) is 2.10. The van der Waals surface area contributed by atoms with Gasteiger partial charge in [0, 0.05) is 24.3 Å². The molecule has 2 aromatic heterocycles. The SMILES string of the molecule is Cn1cc2c3c(nc(N)c2n1)CCCC3CCCCN. The van der Waals surface area contributed by atoms with Crippen LogP contribution in [0.2, 0.25) is 0 Å². The largest absolute Gasteiger partial charge is 0.382 e. The standard InChI is InChI=1S/C15H23N5/c1-20-9-11-13-10(5-2-3-8-16)6-4-7-12(13)18-15(17)14(11)19-20/h9-10H,2-8,16H2,1H3,(H2,17,18). The van der Waals surface area contributed by atoms with Crippen molar-refractivity contribution in [2.75, 3.05) is 12.3 Å². The van der Waals surface area contributed by atoms with Gasteiger partial charge < -0.3 is 11.5 Å². The third-order valence-electron chi connectivity index (χ3n) is 4.31. The molecular formula is C15H23N5. The first kappa shape index (κ1) is 13.4.